The smallest absolute Gasteiger partial charge is 0.0474 e. The van der Waals surface area contributed by atoms with Crippen molar-refractivity contribution in [2.24, 2.45) is 11.7 Å². The number of hydrogen-bond donors (Lipinski definition) is 3. The van der Waals surface area contributed by atoms with Crippen LogP contribution in [0, 0.1) is 5.92 Å². The lowest BCUT2D eigenvalue weighted by atomic mass is 9.84. The molecule has 3 unspecified atom stereocenters. The second kappa shape index (κ2) is 7.76. The van der Waals surface area contributed by atoms with Gasteiger partial charge in [-0.2, -0.15) is 0 Å². The lowest BCUT2D eigenvalue weighted by Gasteiger charge is -2.34. The topological polar surface area (TPSA) is 58.3 Å². The molecular weight excluding hydrogens is 340 g/mol. The molecule has 0 saturated heterocycles. The SMILES string of the molecule is NCC(NC1CCCCC1CO)c1cc(Br)ccc1Cl. The van der Waals surface area contributed by atoms with Crippen molar-refractivity contribution in [1.29, 1.82) is 0 Å². The van der Waals surface area contributed by atoms with E-state index in [1.807, 2.05) is 18.2 Å². The van der Waals surface area contributed by atoms with Crippen LogP contribution in [0.5, 0.6) is 0 Å². The van der Waals surface area contributed by atoms with Crippen LogP contribution < -0.4 is 11.1 Å². The van der Waals surface area contributed by atoms with E-state index >= 15 is 0 Å². The van der Waals surface area contributed by atoms with Gasteiger partial charge in [0, 0.05) is 34.7 Å². The van der Waals surface area contributed by atoms with E-state index in [2.05, 4.69) is 21.2 Å². The van der Waals surface area contributed by atoms with Gasteiger partial charge in [0.15, 0.2) is 0 Å². The highest BCUT2D eigenvalue weighted by atomic mass is 79.9. The van der Waals surface area contributed by atoms with Gasteiger partial charge >= 0.3 is 0 Å². The van der Waals surface area contributed by atoms with Crippen molar-refractivity contribution in [2.75, 3.05) is 13.2 Å². The van der Waals surface area contributed by atoms with Crippen molar-refractivity contribution in [3.8, 4) is 0 Å². The zero-order valence-corrected chi connectivity index (χ0v) is 13.8. The molecule has 2 rings (SSSR count). The van der Waals surface area contributed by atoms with Gasteiger partial charge < -0.3 is 16.2 Å². The number of nitrogens with two attached hydrogens (primary N) is 1. The van der Waals surface area contributed by atoms with E-state index in [1.54, 1.807) is 0 Å². The highest BCUT2D eigenvalue weighted by Crippen LogP contribution is 2.30. The number of aliphatic hydroxyl groups is 1. The van der Waals surface area contributed by atoms with Crippen LogP contribution in [0.25, 0.3) is 0 Å². The molecule has 0 aromatic heterocycles. The monoisotopic (exact) mass is 360 g/mol. The van der Waals surface area contributed by atoms with Crippen LogP contribution in [0.1, 0.15) is 37.3 Å². The van der Waals surface area contributed by atoms with Gasteiger partial charge in [0.2, 0.25) is 0 Å². The van der Waals surface area contributed by atoms with E-state index in [0.717, 1.165) is 27.9 Å². The van der Waals surface area contributed by atoms with Crippen LogP contribution in [0.15, 0.2) is 22.7 Å². The average Bonchev–Trinajstić information content (AvgIpc) is 2.48. The first-order valence-electron chi connectivity index (χ1n) is 7.17. The molecule has 3 atom stereocenters. The van der Waals surface area contributed by atoms with Crippen molar-refractivity contribution in [3.63, 3.8) is 0 Å². The highest BCUT2D eigenvalue weighted by molar-refractivity contribution is 9.10. The Kier molecular flexibility index (Phi) is 6.30. The van der Waals surface area contributed by atoms with Crippen LogP contribution in [-0.2, 0) is 0 Å². The van der Waals surface area contributed by atoms with Gasteiger partial charge in [-0.05, 0) is 42.5 Å². The Morgan fingerprint density at radius 2 is 2.15 bits per heavy atom. The van der Waals surface area contributed by atoms with Crippen LogP contribution >= 0.6 is 27.5 Å². The fourth-order valence-electron chi connectivity index (χ4n) is 2.97. The van der Waals surface area contributed by atoms with Crippen LogP contribution in [-0.4, -0.2) is 24.3 Å². The summed E-state index contributed by atoms with van der Waals surface area (Å²) in [5.74, 6) is 0.323. The quantitative estimate of drug-likeness (QED) is 0.754. The van der Waals surface area contributed by atoms with Crippen molar-refractivity contribution in [3.05, 3.63) is 33.3 Å². The summed E-state index contributed by atoms with van der Waals surface area (Å²) in [6.45, 7) is 0.728. The fraction of sp³-hybridized carbons (Fsp3) is 0.600. The summed E-state index contributed by atoms with van der Waals surface area (Å²) in [5.41, 5.74) is 6.95. The first kappa shape index (κ1) is 16.2. The van der Waals surface area contributed by atoms with Crippen molar-refractivity contribution >= 4 is 27.5 Å². The van der Waals surface area contributed by atoms with Crippen LogP contribution in [0.2, 0.25) is 5.02 Å². The van der Waals surface area contributed by atoms with Gasteiger partial charge in [-0.25, -0.2) is 0 Å². The largest absolute Gasteiger partial charge is 0.396 e. The standard InChI is InChI=1S/C15H22BrClN2O/c16-11-5-6-13(17)12(7-11)15(8-18)19-14-4-2-1-3-10(14)9-20/h5-7,10,14-15,19-20H,1-4,8-9,18H2. The molecule has 0 heterocycles. The van der Waals surface area contributed by atoms with E-state index < -0.39 is 0 Å². The second-order valence-corrected chi connectivity index (χ2v) is 6.78. The van der Waals surface area contributed by atoms with E-state index in [0.29, 0.717) is 18.5 Å². The molecule has 1 aliphatic carbocycles. The van der Waals surface area contributed by atoms with Crippen molar-refractivity contribution < 1.29 is 5.11 Å². The fourth-order valence-corrected chi connectivity index (χ4v) is 3.60. The molecule has 3 nitrogen and oxygen atoms in total. The Hall–Kier alpha value is -0.130. The molecule has 1 aromatic carbocycles. The van der Waals surface area contributed by atoms with Gasteiger partial charge in [0.05, 0.1) is 0 Å². The minimum Gasteiger partial charge on any atom is -0.396 e. The van der Waals surface area contributed by atoms with Gasteiger partial charge in [-0.3, -0.25) is 0 Å². The van der Waals surface area contributed by atoms with Crippen molar-refractivity contribution in [2.45, 2.75) is 37.8 Å². The number of aliphatic hydroxyl groups excluding tert-OH is 1. The van der Waals surface area contributed by atoms with Gasteiger partial charge in [0.25, 0.3) is 0 Å². The summed E-state index contributed by atoms with van der Waals surface area (Å²) in [4.78, 5) is 0. The molecule has 0 spiro atoms. The van der Waals surface area contributed by atoms with E-state index in [4.69, 9.17) is 17.3 Å². The maximum atomic E-state index is 9.51. The Balaban J connectivity index is 2.13. The van der Waals surface area contributed by atoms with Crippen LogP contribution in [0.3, 0.4) is 0 Å². The van der Waals surface area contributed by atoms with Crippen molar-refractivity contribution in [1.82, 2.24) is 5.32 Å². The molecule has 0 aliphatic heterocycles. The first-order valence-corrected chi connectivity index (χ1v) is 8.34. The van der Waals surface area contributed by atoms with Gasteiger partial charge in [0.1, 0.15) is 0 Å². The Morgan fingerprint density at radius 1 is 1.40 bits per heavy atom. The molecule has 1 aromatic rings. The minimum absolute atomic E-state index is 0.0251. The second-order valence-electron chi connectivity index (χ2n) is 5.45. The highest BCUT2D eigenvalue weighted by Gasteiger charge is 2.27. The van der Waals surface area contributed by atoms with E-state index in [9.17, 15) is 5.11 Å². The minimum atomic E-state index is 0.0251. The zero-order chi connectivity index (χ0) is 14.5. The number of hydrogen-bond acceptors (Lipinski definition) is 3. The molecule has 1 fully saturated rings. The number of halogens is 2. The molecule has 20 heavy (non-hydrogen) atoms. The normalized spacial score (nSPS) is 24.6. The van der Waals surface area contributed by atoms with E-state index in [1.165, 1.54) is 12.8 Å². The molecule has 1 aliphatic rings. The molecule has 5 heteroatoms. The summed E-state index contributed by atoms with van der Waals surface area (Å²) in [7, 11) is 0. The lowest BCUT2D eigenvalue weighted by molar-refractivity contribution is 0.146. The predicted molar refractivity (Wildman–Crippen MR) is 86.9 cm³/mol. The van der Waals surface area contributed by atoms with E-state index in [-0.39, 0.29) is 12.6 Å². The summed E-state index contributed by atoms with van der Waals surface area (Å²) >= 11 is 9.77. The predicted octanol–water partition coefficient (Wildman–Crippen LogP) is 3.24. The Labute approximate surface area is 134 Å². The summed E-state index contributed by atoms with van der Waals surface area (Å²) in [6, 6.07) is 6.17. The zero-order valence-electron chi connectivity index (χ0n) is 11.5. The number of benzene rings is 1. The van der Waals surface area contributed by atoms with Crippen LogP contribution in [0.4, 0.5) is 0 Å². The first-order chi connectivity index (χ1) is 9.65. The Morgan fingerprint density at radius 3 is 2.85 bits per heavy atom. The summed E-state index contributed by atoms with van der Waals surface area (Å²) in [5, 5.41) is 13.8. The maximum absolute atomic E-state index is 9.51. The Bertz CT molecular complexity index is 444. The third-order valence-electron chi connectivity index (χ3n) is 4.13. The van der Waals surface area contributed by atoms with Gasteiger partial charge in [-0.1, -0.05) is 40.4 Å². The van der Waals surface area contributed by atoms with Gasteiger partial charge in [-0.15, -0.1) is 0 Å². The molecule has 4 N–H and O–H groups in total. The molecular formula is C15H22BrClN2O. The third kappa shape index (κ3) is 3.95. The molecule has 1 saturated carbocycles. The summed E-state index contributed by atoms with van der Waals surface area (Å²) in [6.07, 6.45) is 4.58. The average molecular weight is 362 g/mol. The molecule has 0 radical (unpaired) electrons. The number of rotatable bonds is 5. The lowest BCUT2D eigenvalue weighted by Crippen LogP contribution is -2.44. The molecule has 112 valence electrons. The summed E-state index contributed by atoms with van der Waals surface area (Å²) < 4.78 is 1.000. The molecule has 0 amide bonds. The number of nitrogens with one attached hydrogen (secondary N) is 1. The maximum Gasteiger partial charge on any atom is 0.0474 e. The third-order valence-corrected chi connectivity index (χ3v) is 4.97. The molecule has 0 bridgehead atoms.